The number of pyridine rings is 1. The minimum atomic E-state index is 0.358. The molecule has 1 heterocycles. The van der Waals surface area contributed by atoms with Gasteiger partial charge < -0.3 is 0 Å². The third-order valence-corrected chi connectivity index (χ3v) is 3.48. The van der Waals surface area contributed by atoms with E-state index in [0.717, 1.165) is 55.4 Å². The first-order chi connectivity index (χ1) is 5.27. The maximum absolute atomic E-state index is 5.91. The summed E-state index contributed by atoms with van der Waals surface area (Å²) < 4.78 is 1.46. The Labute approximate surface area is 105 Å². The molecular weight excluding hydrogens is 185 g/mol. The van der Waals surface area contributed by atoms with Crippen molar-refractivity contribution in [1.82, 2.24) is 4.98 Å². The van der Waals surface area contributed by atoms with Crippen LogP contribution < -0.4 is -0.342 Å². The average Bonchev–Trinajstić information content (AvgIpc) is 2.67. The van der Waals surface area contributed by atoms with Crippen molar-refractivity contribution in [3.05, 3.63) is 24.0 Å². The molecular formula is C8H7ClKN. The van der Waals surface area contributed by atoms with Gasteiger partial charge in [-0.3, -0.25) is 0 Å². The fourth-order valence-electron chi connectivity index (χ4n) is 1.23. The quantitative estimate of drug-likeness (QED) is 0.476. The minimum absolute atomic E-state index is 0.358. The molecule has 1 nitrogen and oxygen atoms in total. The van der Waals surface area contributed by atoms with Crippen LogP contribution >= 0.6 is 11.6 Å². The van der Waals surface area contributed by atoms with Gasteiger partial charge in [0, 0.05) is 0 Å². The monoisotopic (exact) mass is 191 g/mol. The summed E-state index contributed by atoms with van der Waals surface area (Å²) in [5.41, 5.74) is 1.20. The first-order valence-corrected chi connectivity index (χ1v) is 5.84. The molecule has 1 aliphatic rings. The van der Waals surface area contributed by atoms with Crippen molar-refractivity contribution >= 4 is 60.2 Å². The Balaban J connectivity index is 2.25. The Bertz CT molecular complexity index is 277. The Kier molecular flexibility index (Phi) is 2.71. The first-order valence-electron chi connectivity index (χ1n) is 3.84. The summed E-state index contributed by atoms with van der Waals surface area (Å²) in [7, 11) is 0. The summed E-state index contributed by atoms with van der Waals surface area (Å²) in [6.07, 6.45) is 3.02. The van der Waals surface area contributed by atoms with Crippen molar-refractivity contribution in [2.75, 3.05) is 0 Å². The molecule has 52 valence electrons. The Morgan fingerprint density at radius 3 is 2.91 bits per heavy atom. The standard InChI is InChI=1S/C8H7ClN.K/c9-7-5-6(7)8-3-1-2-4-10-8;/h2-4,6-7H,5H2;. The van der Waals surface area contributed by atoms with E-state index in [1.165, 1.54) is 5.35 Å². The Morgan fingerprint density at radius 1 is 1.64 bits per heavy atom. The van der Waals surface area contributed by atoms with Crippen LogP contribution in [0.25, 0.3) is 0 Å². The van der Waals surface area contributed by atoms with Crippen LogP contribution in [-0.2, 0) is 0 Å². The molecule has 0 aromatic carbocycles. The molecule has 0 aliphatic heterocycles. The summed E-state index contributed by atoms with van der Waals surface area (Å²) in [5, 5.41) is 0.358. The van der Waals surface area contributed by atoms with E-state index in [9.17, 15) is 0 Å². The van der Waals surface area contributed by atoms with E-state index in [0.29, 0.717) is 11.3 Å². The van der Waals surface area contributed by atoms with Gasteiger partial charge in [-0.05, 0) is 0 Å². The molecule has 11 heavy (non-hydrogen) atoms. The van der Waals surface area contributed by atoms with E-state index < -0.39 is 0 Å². The van der Waals surface area contributed by atoms with Crippen LogP contribution in [0.5, 0.6) is 0 Å². The summed E-state index contributed by atoms with van der Waals surface area (Å²) in [5.74, 6) is 0.555. The van der Waals surface area contributed by atoms with Gasteiger partial charge in [0.15, 0.2) is 0 Å². The van der Waals surface area contributed by atoms with Crippen LogP contribution in [0.2, 0.25) is 0 Å². The van der Waals surface area contributed by atoms with Gasteiger partial charge in [-0.2, -0.15) is 0 Å². The van der Waals surface area contributed by atoms with Crippen molar-refractivity contribution in [3.63, 3.8) is 0 Å². The molecule has 1 aromatic rings. The zero-order valence-corrected chi connectivity index (χ0v) is 10.3. The van der Waals surface area contributed by atoms with Gasteiger partial charge in [0.05, 0.1) is 0 Å². The number of hydrogen-bond donors (Lipinski definition) is 0. The van der Waals surface area contributed by atoms with Crippen molar-refractivity contribution < 1.29 is 0 Å². The molecule has 1 saturated carbocycles. The van der Waals surface area contributed by atoms with Crippen molar-refractivity contribution in [2.24, 2.45) is 0 Å². The van der Waals surface area contributed by atoms with Gasteiger partial charge in [-0.1, -0.05) is 0 Å². The molecule has 0 radical (unpaired) electrons. The molecule has 1 aromatic heterocycles. The second kappa shape index (κ2) is 3.44. The van der Waals surface area contributed by atoms with Gasteiger partial charge >= 0.3 is 107 Å². The zero-order chi connectivity index (χ0) is 7.84. The van der Waals surface area contributed by atoms with E-state index >= 15 is 0 Å². The molecule has 0 bridgehead atoms. The second-order valence-corrected chi connectivity index (χ2v) is 5.48. The van der Waals surface area contributed by atoms with E-state index in [-0.39, 0.29) is 0 Å². The molecule has 2 rings (SSSR count). The third-order valence-electron chi connectivity index (χ3n) is 2.03. The fourth-order valence-corrected chi connectivity index (χ4v) is 2.25. The van der Waals surface area contributed by atoms with Crippen LogP contribution in [0, 0.1) is 0 Å². The predicted octanol–water partition coefficient (Wildman–Crippen LogP) is 0.970. The Morgan fingerprint density at radius 2 is 2.36 bits per heavy atom. The maximum atomic E-state index is 5.91. The first kappa shape index (κ1) is 8.66. The zero-order valence-electron chi connectivity index (χ0n) is 6.42. The van der Waals surface area contributed by atoms with E-state index in [1.54, 1.807) is 0 Å². The summed E-state index contributed by atoms with van der Waals surface area (Å²) in [6.45, 7) is 0. The van der Waals surface area contributed by atoms with Crippen molar-refractivity contribution in [2.45, 2.75) is 17.7 Å². The van der Waals surface area contributed by atoms with Crippen molar-refractivity contribution in [1.29, 1.82) is 0 Å². The summed E-state index contributed by atoms with van der Waals surface area (Å²) >= 11 is 6.68. The van der Waals surface area contributed by atoms with E-state index in [1.807, 2.05) is 6.20 Å². The number of nitrogens with zero attached hydrogens (tertiary/aromatic N) is 1. The summed E-state index contributed by atoms with van der Waals surface area (Å²) in [6, 6.07) is 4.29. The van der Waals surface area contributed by atoms with Gasteiger partial charge in [0.1, 0.15) is 0 Å². The van der Waals surface area contributed by atoms with Gasteiger partial charge in [0.25, 0.3) is 0 Å². The Hall–Kier alpha value is 1.08. The number of rotatable bonds is 1. The molecule has 3 heteroatoms. The van der Waals surface area contributed by atoms with Crippen molar-refractivity contribution in [3.8, 4) is 0 Å². The molecule has 2 atom stereocenters. The molecule has 0 N–H and O–H groups in total. The van der Waals surface area contributed by atoms with Gasteiger partial charge in [-0.25, -0.2) is 0 Å². The normalized spacial score (nSPS) is 28.6. The van der Waals surface area contributed by atoms with Gasteiger partial charge in [0.2, 0.25) is 0 Å². The third kappa shape index (κ3) is 2.05. The number of halogens is 1. The molecule has 1 aliphatic carbocycles. The molecule has 0 spiro atoms. The number of hydrogen-bond acceptors (Lipinski definition) is 1. The van der Waals surface area contributed by atoms with Crippen LogP contribution in [0.15, 0.2) is 18.3 Å². The topological polar surface area (TPSA) is 12.9 Å². The van der Waals surface area contributed by atoms with Crippen LogP contribution in [-0.4, -0.2) is 59.3 Å². The van der Waals surface area contributed by atoms with Gasteiger partial charge in [-0.15, -0.1) is 0 Å². The van der Waals surface area contributed by atoms with Crippen LogP contribution in [0.1, 0.15) is 18.0 Å². The molecule has 2 unspecified atom stereocenters. The second-order valence-electron chi connectivity index (χ2n) is 3.12. The molecule has 0 saturated heterocycles. The van der Waals surface area contributed by atoms with E-state index in [2.05, 4.69) is 17.1 Å². The fraction of sp³-hybridized carbons (Fsp3) is 0.375. The summed E-state index contributed by atoms with van der Waals surface area (Å²) in [4.78, 5) is 4.30. The molecule has 1 fully saturated rings. The molecule has 0 amide bonds. The predicted molar refractivity (Wildman–Crippen MR) is 46.6 cm³/mol. The number of aromatic nitrogens is 1. The van der Waals surface area contributed by atoms with Crippen LogP contribution in [0.3, 0.4) is 0 Å². The average molecular weight is 192 g/mol. The SMILES string of the molecule is ClC1CC1c1c[c]([K])ccn1. The van der Waals surface area contributed by atoms with E-state index in [4.69, 9.17) is 11.6 Å². The van der Waals surface area contributed by atoms with Crippen LogP contribution in [0.4, 0.5) is 0 Å². The number of alkyl halides is 1.